The zero-order valence-electron chi connectivity index (χ0n) is 9.93. The fourth-order valence-electron chi connectivity index (χ4n) is 1.84. The van der Waals surface area contributed by atoms with Crippen LogP contribution >= 0.6 is 11.6 Å². The number of hydrogen-bond donors (Lipinski definition) is 3. The minimum atomic E-state index is -1.40. The van der Waals surface area contributed by atoms with Crippen LogP contribution in [0.4, 0.5) is 0 Å². The Hall–Kier alpha value is -1.19. The molecule has 0 aromatic carbocycles. The van der Waals surface area contributed by atoms with Crippen molar-refractivity contribution in [3.05, 3.63) is 21.6 Å². The topological polar surface area (TPSA) is 114 Å². The third-order valence-electron chi connectivity index (χ3n) is 2.89. The van der Waals surface area contributed by atoms with Crippen LogP contribution in [0.25, 0.3) is 0 Å². The van der Waals surface area contributed by atoms with E-state index in [2.05, 4.69) is 5.10 Å². The van der Waals surface area contributed by atoms with Crippen LogP contribution in [0.3, 0.4) is 0 Å². The Morgan fingerprint density at radius 1 is 1.53 bits per heavy atom. The van der Waals surface area contributed by atoms with Crippen molar-refractivity contribution in [1.29, 1.82) is 0 Å². The predicted molar refractivity (Wildman–Crippen MR) is 63.1 cm³/mol. The Morgan fingerprint density at radius 3 is 2.74 bits per heavy atom. The van der Waals surface area contributed by atoms with Crippen molar-refractivity contribution in [2.75, 3.05) is 13.7 Å². The van der Waals surface area contributed by atoms with E-state index in [1.807, 2.05) is 0 Å². The van der Waals surface area contributed by atoms with E-state index >= 15 is 0 Å². The van der Waals surface area contributed by atoms with Gasteiger partial charge < -0.3 is 24.8 Å². The summed E-state index contributed by atoms with van der Waals surface area (Å²) in [7, 11) is 1.33. The molecule has 1 saturated heterocycles. The first-order valence-corrected chi connectivity index (χ1v) is 5.82. The standard InChI is InChI=1S/C10H13ClN2O6/c1-18-4-2-12-13(9(17)6(4)11)10-8(16)7(15)5(3-14)19-10/h2,5,7-8,10,14-16H,3H2,1H3/t5-,7-,8-,10?/m1/s1. The van der Waals surface area contributed by atoms with Gasteiger partial charge in [-0.15, -0.1) is 0 Å². The van der Waals surface area contributed by atoms with E-state index in [0.717, 1.165) is 4.68 Å². The zero-order chi connectivity index (χ0) is 14.2. The Labute approximate surface area is 112 Å². The molecule has 4 atom stereocenters. The van der Waals surface area contributed by atoms with Gasteiger partial charge in [-0.1, -0.05) is 11.6 Å². The summed E-state index contributed by atoms with van der Waals surface area (Å²) in [5.41, 5.74) is -0.726. The summed E-state index contributed by atoms with van der Waals surface area (Å²) in [6.07, 6.45) is -3.73. The van der Waals surface area contributed by atoms with Crippen molar-refractivity contribution in [1.82, 2.24) is 9.78 Å². The summed E-state index contributed by atoms with van der Waals surface area (Å²) in [6, 6.07) is 0. The number of aliphatic hydroxyl groups is 3. The van der Waals surface area contributed by atoms with Gasteiger partial charge in [-0.3, -0.25) is 4.79 Å². The molecule has 0 saturated carbocycles. The number of aliphatic hydroxyl groups excluding tert-OH is 3. The lowest BCUT2D eigenvalue weighted by Crippen LogP contribution is -2.36. The lowest BCUT2D eigenvalue weighted by molar-refractivity contribution is -0.0610. The van der Waals surface area contributed by atoms with Crippen LogP contribution in [-0.2, 0) is 4.74 Å². The SMILES string of the molecule is COc1cnn(C2O[C@H](CO)[C@@H](O)[C@H]2O)c(=O)c1Cl. The monoisotopic (exact) mass is 292 g/mol. The molecule has 19 heavy (non-hydrogen) atoms. The third-order valence-corrected chi connectivity index (χ3v) is 3.24. The molecule has 106 valence electrons. The molecule has 1 fully saturated rings. The fraction of sp³-hybridized carbons (Fsp3) is 0.600. The molecule has 0 bridgehead atoms. The highest BCUT2D eigenvalue weighted by Gasteiger charge is 2.44. The van der Waals surface area contributed by atoms with E-state index in [4.69, 9.17) is 26.2 Å². The molecule has 9 heteroatoms. The summed E-state index contributed by atoms with van der Waals surface area (Å²) in [6.45, 7) is -0.493. The molecule has 1 aromatic rings. The van der Waals surface area contributed by atoms with Gasteiger partial charge in [0.05, 0.1) is 19.9 Å². The molecular formula is C10H13ClN2O6. The molecule has 1 aliphatic heterocycles. The van der Waals surface area contributed by atoms with Gasteiger partial charge in [-0.05, 0) is 0 Å². The molecule has 8 nitrogen and oxygen atoms in total. The van der Waals surface area contributed by atoms with E-state index in [1.54, 1.807) is 0 Å². The Morgan fingerprint density at radius 2 is 2.21 bits per heavy atom. The van der Waals surface area contributed by atoms with Gasteiger partial charge in [0.1, 0.15) is 18.3 Å². The maximum Gasteiger partial charge on any atom is 0.291 e. The smallest absolute Gasteiger partial charge is 0.291 e. The van der Waals surface area contributed by atoms with Gasteiger partial charge in [0, 0.05) is 0 Å². The highest BCUT2D eigenvalue weighted by Crippen LogP contribution is 2.28. The van der Waals surface area contributed by atoms with Gasteiger partial charge >= 0.3 is 0 Å². The lowest BCUT2D eigenvalue weighted by Gasteiger charge is -2.16. The second kappa shape index (κ2) is 5.43. The average Bonchev–Trinajstić information content (AvgIpc) is 2.69. The molecular weight excluding hydrogens is 280 g/mol. The minimum Gasteiger partial charge on any atom is -0.493 e. The van der Waals surface area contributed by atoms with Gasteiger partial charge in [-0.2, -0.15) is 9.78 Å². The van der Waals surface area contributed by atoms with Crippen LogP contribution in [0.5, 0.6) is 5.75 Å². The molecule has 0 amide bonds. The fourth-order valence-corrected chi connectivity index (χ4v) is 2.05. The first kappa shape index (κ1) is 14.2. The van der Waals surface area contributed by atoms with Gasteiger partial charge in [0.25, 0.3) is 5.56 Å². The maximum absolute atomic E-state index is 11.9. The highest BCUT2D eigenvalue weighted by atomic mass is 35.5. The lowest BCUT2D eigenvalue weighted by atomic mass is 10.1. The summed E-state index contributed by atoms with van der Waals surface area (Å²) >= 11 is 5.78. The van der Waals surface area contributed by atoms with E-state index in [0.29, 0.717) is 0 Å². The molecule has 0 spiro atoms. The first-order valence-electron chi connectivity index (χ1n) is 5.45. The molecule has 2 rings (SSSR count). The predicted octanol–water partition coefficient (Wildman–Crippen LogP) is -1.48. The van der Waals surface area contributed by atoms with E-state index < -0.39 is 36.7 Å². The maximum atomic E-state index is 11.9. The number of hydrogen-bond acceptors (Lipinski definition) is 7. The molecule has 3 N–H and O–H groups in total. The summed E-state index contributed by atoms with van der Waals surface area (Å²) < 4.78 is 10.8. The van der Waals surface area contributed by atoms with Crippen molar-refractivity contribution in [3.8, 4) is 5.75 Å². The zero-order valence-corrected chi connectivity index (χ0v) is 10.7. The van der Waals surface area contributed by atoms with Crippen LogP contribution in [0.1, 0.15) is 6.23 Å². The second-order valence-electron chi connectivity index (χ2n) is 4.01. The van der Waals surface area contributed by atoms with Crippen molar-refractivity contribution >= 4 is 11.6 Å². The molecule has 1 unspecified atom stereocenters. The number of halogens is 1. The van der Waals surface area contributed by atoms with Crippen LogP contribution in [0.15, 0.2) is 11.0 Å². The Balaban J connectivity index is 2.38. The average molecular weight is 293 g/mol. The number of methoxy groups -OCH3 is 1. The number of rotatable bonds is 3. The largest absolute Gasteiger partial charge is 0.493 e. The molecule has 0 radical (unpaired) electrons. The number of ether oxygens (including phenoxy) is 2. The van der Waals surface area contributed by atoms with Gasteiger partial charge in [-0.25, -0.2) is 0 Å². The highest BCUT2D eigenvalue weighted by molar-refractivity contribution is 6.31. The van der Waals surface area contributed by atoms with Crippen LogP contribution in [0.2, 0.25) is 5.02 Å². The van der Waals surface area contributed by atoms with Crippen molar-refractivity contribution in [3.63, 3.8) is 0 Å². The Kier molecular flexibility index (Phi) is 4.07. The van der Waals surface area contributed by atoms with Crippen LogP contribution in [0, 0.1) is 0 Å². The summed E-state index contributed by atoms with van der Waals surface area (Å²) in [4.78, 5) is 11.9. The second-order valence-corrected chi connectivity index (χ2v) is 4.38. The first-order chi connectivity index (χ1) is 9.01. The van der Waals surface area contributed by atoms with Gasteiger partial charge in [0.2, 0.25) is 0 Å². The summed E-state index contributed by atoms with van der Waals surface area (Å²) in [5.74, 6) is 0.0923. The number of aromatic nitrogens is 2. The number of nitrogens with zero attached hydrogens (tertiary/aromatic N) is 2. The van der Waals surface area contributed by atoms with Crippen molar-refractivity contribution in [2.45, 2.75) is 24.5 Å². The Bertz CT molecular complexity index is 521. The van der Waals surface area contributed by atoms with Crippen molar-refractivity contribution in [2.24, 2.45) is 0 Å². The summed E-state index contributed by atoms with van der Waals surface area (Å²) in [5, 5.41) is 31.9. The quantitative estimate of drug-likeness (QED) is 0.622. The molecule has 0 aliphatic carbocycles. The minimum absolute atomic E-state index is 0.0923. The van der Waals surface area contributed by atoms with Gasteiger partial charge in [0.15, 0.2) is 17.0 Å². The van der Waals surface area contributed by atoms with E-state index in [1.165, 1.54) is 13.3 Å². The van der Waals surface area contributed by atoms with Crippen LogP contribution < -0.4 is 10.3 Å². The molecule has 1 aromatic heterocycles. The van der Waals surface area contributed by atoms with Crippen LogP contribution in [-0.4, -0.2) is 57.1 Å². The van der Waals surface area contributed by atoms with Crippen molar-refractivity contribution < 1.29 is 24.8 Å². The normalized spacial score (nSPS) is 30.6. The van der Waals surface area contributed by atoms with E-state index in [-0.39, 0.29) is 10.8 Å². The molecule has 1 aliphatic rings. The molecule has 2 heterocycles. The third kappa shape index (κ3) is 2.33. The van der Waals surface area contributed by atoms with E-state index in [9.17, 15) is 15.0 Å².